The molecule has 0 amide bonds. The number of anilines is 1. The molecular weight excluding hydrogens is 276 g/mol. The molecule has 2 rings (SSSR count). The fourth-order valence-electron chi connectivity index (χ4n) is 1.13. The Morgan fingerprint density at radius 2 is 2.27 bits per heavy atom. The van der Waals surface area contributed by atoms with Crippen molar-refractivity contribution in [1.82, 2.24) is 15.2 Å². The van der Waals surface area contributed by atoms with Gasteiger partial charge >= 0.3 is 0 Å². The molecule has 0 unspecified atom stereocenters. The van der Waals surface area contributed by atoms with Crippen molar-refractivity contribution in [2.75, 3.05) is 5.73 Å². The fourth-order valence-corrected chi connectivity index (χ4v) is 2.26. The lowest BCUT2D eigenvalue weighted by atomic mass is 10.3. The number of rotatable bonds is 2. The molecule has 0 atom stereocenters. The molecule has 4 nitrogen and oxygen atoms in total. The lowest BCUT2D eigenvalue weighted by Gasteiger charge is -2.00. The van der Waals surface area contributed by atoms with Crippen LogP contribution in [0.4, 0.5) is 5.82 Å². The van der Waals surface area contributed by atoms with E-state index < -0.39 is 0 Å². The van der Waals surface area contributed by atoms with Gasteiger partial charge in [0.1, 0.15) is 10.8 Å². The molecule has 0 radical (unpaired) electrons. The summed E-state index contributed by atoms with van der Waals surface area (Å²) < 4.78 is 0.889. The van der Waals surface area contributed by atoms with E-state index in [1.807, 2.05) is 13.0 Å². The molecule has 0 aromatic carbocycles. The lowest BCUT2D eigenvalue weighted by molar-refractivity contribution is 0.986. The lowest BCUT2D eigenvalue weighted by Crippen LogP contribution is -1.93. The van der Waals surface area contributed by atoms with Crippen LogP contribution in [0.2, 0.25) is 0 Å². The monoisotopic (exact) mass is 284 g/mol. The summed E-state index contributed by atoms with van der Waals surface area (Å²) in [7, 11) is 0. The minimum absolute atomic E-state index is 0.483. The Kier molecular flexibility index (Phi) is 2.97. The Bertz CT molecular complexity index is 483. The van der Waals surface area contributed by atoms with Crippen molar-refractivity contribution in [2.24, 2.45) is 0 Å². The molecule has 6 heteroatoms. The molecule has 0 bridgehead atoms. The van der Waals surface area contributed by atoms with Crippen LogP contribution in [0.1, 0.15) is 11.9 Å². The van der Waals surface area contributed by atoms with Gasteiger partial charge in [0.05, 0.1) is 5.56 Å². The topological polar surface area (TPSA) is 64.7 Å². The highest BCUT2D eigenvalue weighted by Gasteiger charge is 2.10. The Hall–Kier alpha value is -1.01. The fraction of sp³-hybridized carbons (Fsp3) is 0.222. The van der Waals surface area contributed by atoms with E-state index in [2.05, 4.69) is 31.1 Å². The number of pyridine rings is 1. The van der Waals surface area contributed by atoms with Gasteiger partial charge in [-0.2, -0.15) is 0 Å². The number of hydrogen-bond donors (Lipinski definition) is 1. The van der Waals surface area contributed by atoms with E-state index in [9.17, 15) is 0 Å². The molecule has 0 aliphatic heterocycles. The zero-order chi connectivity index (χ0) is 10.8. The second-order valence-electron chi connectivity index (χ2n) is 2.94. The first-order valence-corrected chi connectivity index (χ1v) is 6.05. The van der Waals surface area contributed by atoms with Crippen molar-refractivity contribution in [3.05, 3.63) is 21.7 Å². The van der Waals surface area contributed by atoms with Gasteiger partial charge < -0.3 is 5.73 Å². The molecule has 15 heavy (non-hydrogen) atoms. The Labute approximate surface area is 99.7 Å². The average Bonchev–Trinajstić information content (AvgIpc) is 2.70. The SMILES string of the molecule is CCc1nnc(-c2cc(Br)cnc2N)s1. The maximum Gasteiger partial charge on any atom is 0.151 e. The summed E-state index contributed by atoms with van der Waals surface area (Å²) in [6.45, 7) is 2.05. The molecule has 2 heterocycles. The van der Waals surface area contributed by atoms with Gasteiger partial charge in [-0.25, -0.2) is 4.98 Å². The van der Waals surface area contributed by atoms with E-state index in [0.717, 1.165) is 26.5 Å². The first-order chi connectivity index (χ1) is 7.20. The van der Waals surface area contributed by atoms with E-state index in [1.165, 1.54) is 0 Å². The molecular formula is C9H9BrN4S. The number of aryl methyl sites for hydroxylation is 1. The molecule has 2 aromatic rings. The molecule has 0 fully saturated rings. The zero-order valence-electron chi connectivity index (χ0n) is 8.07. The predicted molar refractivity (Wildman–Crippen MR) is 64.6 cm³/mol. The van der Waals surface area contributed by atoms with Gasteiger partial charge in [0, 0.05) is 10.7 Å². The van der Waals surface area contributed by atoms with E-state index in [0.29, 0.717) is 5.82 Å². The Morgan fingerprint density at radius 3 is 2.93 bits per heavy atom. The van der Waals surface area contributed by atoms with Gasteiger partial charge in [0.25, 0.3) is 0 Å². The number of nitrogens with zero attached hydrogens (tertiary/aromatic N) is 3. The zero-order valence-corrected chi connectivity index (χ0v) is 10.5. The van der Waals surface area contributed by atoms with Gasteiger partial charge in [-0.15, -0.1) is 10.2 Å². The van der Waals surface area contributed by atoms with Crippen LogP contribution in [-0.4, -0.2) is 15.2 Å². The summed E-state index contributed by atoms with van der Waals surface area (Å²) >= 11 is 4.90. The van der Waals surface area contributed by atoms with Crippen molar-refractivity contribution >= 4 is 33.1 Å². The van der Waals surface area contributed by atoms with Crippen LogP contribution in [0, 0.1) is 0 Å². The molecule has 2 aromatic heterocycles. The van der Waals surface area contributed by atoms with Crippen molar-refractivity contribution < 1.29 is 0 Å². The van der Waals surface area contributed by atoms with Crippen molar-refractivity contribution in [3.63, 3.8) is 0 Å². The molecule has 0 aliphatic carbocycles. The first kappa shape index (κ1) is 10.5. The number of halogens is 1. The number of hydrogen-bond acceptors (Lipinski definition) is 5. The average molecular weight is 285 g/mol. The van der Waals surface area contributed by atoms with Crippen LogP contribution in [-0.2, 0) is 6.42 Å². The number of aromatic nitrogens is 3. The van der Waals surface area contributed by atoms with E-state index >= 15 is 0 Å². The van der Waals surface area contributed by atoms with Gasteiger partial charge in [-0.1, -0.05) is 18.3 Å². The van der Waals surface area contributed by atoms with Crippen molar-refractivity contribution in [3.8, 4) is 10.6 Å². The third kappa shape index (κ3) is 2.15. The minimum Gasteiger partial charge on any atom is -0.383 e. The maximum absolute atomic E-state index is 5.78. The van der Waals surface area contributed by atoms with Crippen molar-refractivity contribution in [1.29, 1.82) is 0 Å². The highest BCUT2D eigenvalue weighted by Crippen LogP contribution is 2.29. The summed E-state index contributed by atoms with van der Waals surface area (Å²) in [5, 5.41) is 9.96. The van der Waals surface area contributed by atoms with E-state index in [-0.39, 0.29) is 0 Å². The van der Waals surface area contributed by atoms with Gasteiger partial charge in [-0.05, 0) is 28.4 Å². The van der Waals surface area contributed by atoms with Crippen LogP contribution < -0.4 is 5.73 Å². The van der Waals surface area contributed by atoms with E-state index in [4.69, 9.17) is 5.73 Å². The minimum atomic E-state index is 0.483. The Balaban J connectivity index is 2.48. The van der Waals surface area contributed by atoms with Gasteiger partial charge in [0.2, 0.25) is 0 Å². The second-order valence-corrected chi connectivity index (χ2v) is 4.92. The standard InChI is InChI=1S/C9H9BrN4S/c1-2-7-13-14-9(15-7)6-3-5(10)4-12-8(6)11/h3-4H,2H2,1H3,(H2,11,12). The molecule has 2 N–H and O–H groups in total. The second kappa shape index (κ2) is 4.24. The highest BCUT2D eigenvalue weighted by molar-refractivity contribution is 9.10. The van der Waals surface area contributed by atoms with Crippen LogP contribution in [0.5, 0.6) is 0 Å². The third-order valence-electron chi connectivity index (χ3n) is 1.88. The summed E-state index contributed by atoms with van der Waals surface area (Å²) in [5.41, 5.74) is 6.61. The molecule has 0 saturated heterocycles. The maximum atomic E-state index is 5.78. The molecule has 0 saturated carbocycles. The van der Waals surface area contributed by atoms with Gasteiger partial charge in [-0.3, -0.25) is 0 Å². The smallest absolute Gasteiger partial charge is 0.151 e. The highest BCUT2D eigenvalue weighted by atomic mass is 79.9. The first-order valence-electron chi connectivity index (χ1n) is 4.44. The van der Waals surface area contributed by atoms with Crippen molar-refractivity contribution in [2.45, 2.75) is 13.3 Å². The normalized spacial score (nSPS) is 10.5. The predicted octanol–water partition coefficient (Wildman–Crippen LogP) is 2.51. The summed E-state index contributed by atoms with van der Waals surface area (Å²) in [5.74, 6) is 0.483. The van der Waals surface area contributed by atoms with Gasteiger partial charge in [0.15, 0.2) is 5.01 Å². The van der Waals surface area contributed by atoms with Crippen LogP contribution in [0.3, 0.4) is 0 Å². The summed E-state index contributed by atoms with van der Waals surface area (Å²) in [4.78, 5) is 4.06. The summed E-state index contributed by atoms with van der Waals surface area (Å²) in [6, 6.07) is 1.91. The van der Waals surface area contributed by atoms with Crippen LogP contribution >= 0.6 is 27.3 Å². The van der Waals surface area contributed by atoms with E-state index in [1.54, 1.807) is 17.5 Å². The number of nitrogen functional groups attached to an aromatic ring is 1. The number of nitrogens with two attached hydrogens (primary N) is 1. The third-order valence-corrected chi connectivity index (χ3v) is 3.42. The largest absolute Gasteiger partial charge is 0.383 e. The Morgan fingerprint density at radius 1 is 1.47 bits per heavy atom. The quantitative estimate of drug-likeness (QED) is 0.920. The van der Waals surface area contributed by atoms with Crippen LogP contribution in [0.15, 0.2) is 16.7 Å². The molecule has 0 aliphatic rings. The molecule has 78 valence electrons. The summed E-state index contributed by atoms with van der Waals surface area (Å²) in [6.07, 6.45) is 2.56. The molecule has 0 spiro atoms. The van der Waals surface area contributed by atoms with Crippen LogP contribution in [0.25, 0.3) is 10.6 Å².